The van der Waals surface area contributed by atoms with Gasteiger partial charge in [0.05, 0.1) is 0 Å². The van der Waals surface area contributed by atoms with Gasteiger partial charge in [-0.1, -0.05) is 12.1 Å². The van der Waals surface area contributed by atoms with Crippen LogP contribution in [-0.2, 0) is 9.59 Å². The van der Waals surface area contributed by atoms with Crippen molar-refractivity contribution in [3.05, 3.63) is 29.8 Å². The number of carbonyl (C=O) groups is 2. The third kappa shape index (κ3) is 5.15. The Hall–Kier alpha value is -1.84. The third-order valence-electron chi connectivity index (χ3n) is 2.07. The molecule has 0 radical (unpaired) electrons. The van der Waals surface area contributed by atoms with Crippen LogP contribution in [0, 0.1) is 6.92 Å². The molecule has 92 valence electrons. The van der Waals surface area contributed by atoms with E-state index < -0.39 is 0 Å². The number of anilines is 1. The van der Waals surface area contributed by atoms with Gasteiger partial charge in [-0.3, -0.25) is 9.59 Å². The molecule has 0 unspecified atom stereocenters. The minimum Gasteiger partial charge on any atom is -0.353 e. The SMILES string of the molecule is Cc1cccc(NC(=O)CC(=O)NC(C)C)c1. The van der Waals surface area contributed by atoms with Crippen LogP contribution in [0.15, 0.2) is 24.3 Å². The van der Waals surface area contributed by atoms with Crippen molar-refractivity contribution in [2.75, 3.05) is 5.32 Å². The molecule has 4 nitrogen and oxygen atoms in total. The van der Waals surface area contributed by atoms with Gasteiger partial charge in [0.25, 0.3) is 0 Å². The average Bonchev–Trinajstić information content (AvgIpc) is 2.14. The molecule has 0 aliphatic rings. The average molecular weight is 234 g/mol. The van der Waals surface area contributed by atoms with Crippen LogP contribution >= 0.6 is 0 Å². The molecule has 4 heteroatoms. The van der Waals surface area contributed by atoms with E-state index in [1.807, 2.05) is 39.0 Å². The first kappa shape index (κ1) is 13.2. The fraction of sp³-hybridized carbons (Fsp3) is 0.385. The molecule has 2 N–H and O–H groups in total. The molecule has 1 rings (SSSR count). The highest BCUT2D eigenvalue weighted by Crippen LogP contribution is 2.09. The lowest BCUT2D eigenvalue weighted by molar-refractivity contribution is -0.127. The van der Waals surface area contributed by atoms with E-state index in [-0.39, 0.29) is 24.3 Å². The lowest BCUT2D eigenvalue weighted by Crippen LogP contribution is -2.33. The van der Waals surface area contributed by atoms with Crippen molar-refractivity contribution in [1.29, 1.82) is 0 Å². The van der Waals surface area contributed by atoms with Gasteiger partial charge in [-0.05, 0) is 38.5 Å². The van der Waals surface area contributed by atoms with Gasteiger partial charge in [0, 0.05) is 11.7 Å². The van der Waals surface area contributed by atoms with Crippen molar-refractivity contribution in [3.63, 3.8) is 0 Å². The van der Waals surface area contributed by atoms with Gasteiger partial charge in [-0.15, -0.1) is 0 Å². The molecule has 0 aliphatic carbocycles. The highest BCUT2D eigenvalue weighted by atomic mass is 16.2. The van der Waals surface area contributed by atoms with Crippen LogP contribution in [0.1, 0.15) is 25.8 Å². The van der Waals surface area contributed by atoms with Crippen molar-refractivity contribution in [3.8, 4) is 0 Å². The largest absolute Gasteiger partial charge is 0.353 e. The monoisotopic (exact) mass is 234 g/mol. The minimum absolute atomic E-state index is 0.0502. The summed E-state index contributed by atoms with van der Waals surface area (Å²) >= 11 is 0. The molecule has 1 aromatic rings. The zero-order chi connectivity index (χ0) is 12.8. The molecule has 0 bridgehead atoms. The quantitative estimate of drug-likeness (QED) is 0.781. The zero-order valence-corrected chi connectivity index (χ0v) is 10.4. The summed E-state index contributed by atoms with van der Waals surface area (Å²) in [5.41, 5.74) is 1.78. The fourth-order valence-electron chi connectivity index (χ4n) is 1.45. The molecule has 0 heterocycles. The van der Waals surface area contributed by atoms with Gasteiger partial charge >= 0.3 is 0 Å². The summed E-state index contributed by atoms with van der Waals surface area (Å²) in [4.78, 5) is 22.9. The number of carbonyl (C=O) groups excluding carboxylic acids is 2. The van der Waals surface area contributed by atoms with Gasteiger partial charge in [0.2, 0.25) is 11.8 Å². The van der Waals surface area contributed by atoms with Crippen LogP contribution in [0.25, 0.3) is 0 Å². The Labute approximate surface area is 101 Å². The third-order valence-corrected chi connectivity index (χ3v) is 2.07. The molecule has 1 aromatic carbocycles. The number of aryl methyl sites for hydroxylation is 1. The van der Waals surface area contributed by atoms with Crippen molar-refractivity contribution in [1.82, 2.24) is 5.32 Å². The predicted molar refractivity (Wildman–Crippen MR) is 67.7 cm³/mol. The molecule has 0 aromatic heterocycles. The van der Waals surface area contributed by atoms with Crippen LogP contribution in [0.2, 0.25) is 0 Å². The van der Waals surface area contributed by atoms with Gasteiger partial charge < -0.3 is 10.6 Å². The topological polar surface area (TPSA) is 58.2 Å². The van der Waals surface area contributed by atoms with E-state index in [2.05, 4.69) is 10.6 Å². The number of amides is 2. The second kappa shape index (κ2) is 6.03. The number of hydrogen-bond donors (Lipinski definition) is 2. The number of hydrogen-bond acceptors (Lipinski definition) is 2. The number of rotatable bonds is 4. The van der Waals surface area contributed by atoms with E-state index >= 15 is 0 Å². The minimum atomic E-state index is -0.297. The van der Waals surface area contributed by atoms with E-state index in [1.54, 1.807) is 6.07 Å². The first-order valence-electron chi connectivity index (χ1n) is 5.63. The van der Waals surface area contributed by atoms with Gasteiger partial charge in [-0.2, -0.15) is 0 Å². The first-order valence-corrected chi connectivity index (χ1v) is 5.63. The molecule has 17 heavy (non-hydrogen) atoms. The first-order chi connectivity index (χ1) is 7.97. The van der Waals surface area contributed by atoms with Gasteiger partial charge in [0.1, 0.15) is 6.42 Å². The van der Waals surface area contributed by atoms with E-state index in [0.29, 0.717) is 5.69 Å². The fourth-order valence-corrected chi connectivity index (χ4v) is 1.45. The standard InChI is InChI=1S/C13H18N2O2/c1-9(2)14-12(16)8-13(17)15-11-6-4-5-10(3)7-11/h4-7,9H,8H2,1-3H3,(H,14,16)(H,15,17). The van der Waals surface area contributed by atoms with Crippen LogP contribution in [-0.4, -0.2) is 17.9 Å². The van der Waals surface area contributed by atoms with Crippen molar-refractivity contribution in [2.24, 2.45) is 0 Å². The molecule has 0 atom stereocenters. The summed E-state index contributed by atoms with van der Waals surface area (Å²) in [6.07, 6.45) is -0.147. The van der Waals surface area contributed by atoms with E-state index in [4.69, 9.17) is 0 Å². The number of nitrogens with one attached hydrogen (secondary N) is 2. The van der Waals surface area contributed by atoms with Crippen LogP contribution in [0.4, 0.5) is 5.69 Å². The molecule has 0 spiro atoms. The molecule has 0 saturated carbocycles. The predicted octanol–water partition coefficient (Wildman–Crippen LogP) is 1.85. The Morgan fingerprint density at radius 1 is 1.24 bits per heavy atom. The summed E-state index contributed by atoms with van der Waals surface area (Å²) in [5.74, 6) is -0.557. The Kier molecular flexibility index (Phi) is 4.69. The van der Waals surface area contributed by atoms with E-state index in [0.717, 1.165) is 5.56 Å². The molecule has 2 amide bonds. The van der Waals surface area contributed by atoms with Crippen molar-refractivity contribution >= 4 is 17.5 Å². The maximum absolute atomic E-state index is 11.5. The summed E-state index contributed by atoms with van der Waals surface area (Å²) in [5, 5.41) is 5.36. The molecule has 0 saturated heterocycles. The summed E-state index contributed by atoms with van der Waals surface area (Å²) in [7, 11) is 0. The van der Waals surface area contributed by atoms with E-state index in [1.165, 1.54) is 0 Å². The molecular formula is C13H18N2O2. The smallest absolute Gasteiger partial charge is 0.233 e. The molecular weight excluding hydrogens is 216 g/mol. The zero-order valence-electron chi connectivity index (χ0n) is 10.4. The van der Waals surface area contributed by atoms with Gasteiger partial charge in [-0.25, -0.2) is 0 Å². The van der Waals surface area contributed by atoms with Crippen molar-refractivity contribution in [2.45, 2.75) is 33.2 Å². The second-order valence-electron chi connectivity index (χ2n) is 4.32. The van der Waals surface area contributed by atoms with Gasteiger partial charge in [0.15, 0.2) is 0 Å². The summed E-state index contributed by atoms with van der Waals surface area (Å²) in [6, 6.07) is 7.51. The maximum atomic E-state index is 11.5. The maximum Gasteiger partial charge on any atom is 0.233 e. The Morgan fingerprint density at radius 3 is 2.53 bits per heavy atom. The Morgan fingerprint density at radius 2 is 1.94 bits per heavy atom. The summed E-state index contributed by atoms with van der Waals surface area (Å²) in [6.45, 7) is 5.66. The lowest BCUT2D eigenvalue weighted by Gasteiger charge is -2.09. The van der Waals surface area contributed by atoms with Crippen LogP contribution in [0.3, 0.4) is 0 Å². The highest BCUT2D eigenvalue weighted by molar-refractivity contribution is 6.03. The second-order valence-corrected chi connectivity index (χ2v) is 4.32. The lowest BCUT2D eigenvalue weighted by atomic mass is 10.2. The van der Waals surface area contributed by atoms with Crippen molar-refractivity contribution < 1.29 is 9.59 Å². The number of benzene rings is 1. The van der Waals surface area contributed by atoms with Crippen LogP contribution < -0.4 is 10.6 Å². The van der Waals surface area contributed by atoms with Crippen LogP contribution in [0.5, 0.6) is 0 Å². The van der Waals surface area contributed by atoms with E-state index in [9.17, 15) is 9.59 Å². The Bertz CT molecular complexity index is 414. The molecule has 0 aliphatic heterocycles. The Balaban J connectivity index is 2.47. The normalized spacial score (nSPS) is 10.1. The molecule has 0 fully saturated rings. The summed E-state index contributed by atoms with van der Waals surface area (Å²) < 4.78 is 0. The highest BCUT2D eigenvalue weighted by Gasteiger charge is 2.10.